The molecule has 2 fully saturated rings. The second kappa shape index (κ2) is 9.00. The van der Waals surface area contributed by atoms with Crippen molar-refractivity contribution in [3.05, 3.63) is 17.5 Å². The Bertz CT molecular complexity index is 705. The Morgan fingerprint density at radius 2 is 1.93 bits per heavy atom. The number of thiophene rings is 1. The van der Waals surface area contributed by atoms with Crippen LogP contribution < -0.4 is 4.72 Å². The first kappa shape index (κ1) is 20.7. The van der Waals surface area contributed by atoms with E-state index in [-0.39, 0.29) is 28.9 Å². The molecule has 9 heteroatoms. The maximum Gasteiger partial charge on any atom is 0.250 e. The SMILES string of the molecule is CC1CN(CC2CCN(C(=O)CNS(=O)(=O)c3cccs3)CC2)CC(C)O1. The predicted octanol–water partition coefficient (Wildman–Crippen LogP) is 1.37. The summed E-state index contributed by atoms with van der Waals surface area (Å²) in [4.78, 5) is 16.6. The molecule has 1 aromatic rings. The quantitative estimate of drug-likeness (QED) is 0.759. The molecular formula is C18H29N3O4S2. The fourth-order valence-corrected chi connectivity index (χ4v) is 5.93. The summed E-state index contributed by atoms with van der Waals surface area (Å²) in [6, 6.07) is 3.22. The van der Waals surface area contributed by atoms with Gasteiger partial charge >= 0.3 is 0 Å². The molecule has 0 aliphatic carbocycles. The first-order chi connectivity index (χ1) is 12.8. The topological polar surface area (TPSA) is 79.0 Å². The largest absolute Gasteiger partial charge is 0.373 e. The molecule has 2 unspecified atom stereocenters. The minimum absolute atomic E-state index is 0.151. The van der Waals surface area contributed by atoms with Crippen molar-refractivity contribution in [3.63, 3.8) is 0 Å². The number of sulfonamides is 1. The number of hydrogen-bond acceptors (Lipinski definition) is 6. The predicted molar refractivity (Wildman–Crippen MR) is 105 cm³/mol. The first-order valence-electron chi connectivity index (χ1n) is 9.52. The number of carbonyl (C=O) groups is 1. The van der Waals surface area contributed by atoms with Gasteiger partial charge in [-0.15, -0.1) is 11.3 Å². The number of amides is 1. The standard InChI is InChI=1S/C18H29N3O4S2/c1-14-11-20(12-15(2)25-14)13-16-5-7-21(8-6-16)17(22)10-19-27(23,24)18-4-3-9-26-18/h3-4,9,14-16,19H,5-8,10-13H2,1-2H3. The van der Waals surface area contributed by atoms with Gasteiger partial charge in [-0.25, -0.2) is 13.1 Å². The van der Waals surface area contributed by atoms with Gasteiger partial charge in [0.2, 0.25) is 5.91 Å². The summed E-state index contributed by atoms with van der Waals surface area (Å²) < 4.78 is 32.7. The van der Waals surface area contributed by atoms with Gasteiger partial charge in [-0.2, -0.15) is 0 Å². The molecule has 1 N–H and O–H groups in total. The van der Waals surface area contributed by atoms with Crippen LogP contribution in [0.1, 0.15) is 26.7 Å². The van der Waals surface area contributed by atoms with E-state index < -0.39 is 10.0 Å². The van der Waals surface area contributed by atoms with Crippen molar-refractivity contribution in [2.24, 2.45) is 5.92 Å². The zero-order valence-electron chi connectivity index (χ0n) is 16.0. The van der Waals surface area contributed by atoms with Crippen molar-refractivity contribution in [2.45, 2.75) is 43.1 Å². The molecule has 2 aliphatic heterocycles. The van der Waals surface area contributed by atoms with E-state index >= 15 is 0 Å². The zero-order valence-corrected chi connectivity index (χ0v) is 17.6. The Labute approximate surface area is 165 Å². The number of nitrogens with zero attached hydrogens (tertiary/aromatic N) is 2. The molecule has 0 aromatic carbocycles. The van der Waals surface area contributed by atoms with E-state index in [1.165, 1.54) is 6.07 Å². The van der Waals surface area contributed by atoms with Crippen LogP contribution in [0, 0.1) is 5.92 Å². The Morgan fingerprint density at radius 3 is 2.52 bits per heavy atom. The van der Waals surface area contributed by atoms with Crippen LogP contribution in [-0.4, -0.2) is 75.6 Å². The number of morpholine rings is 1. The third-order valence-electron chi connectivity index (χ3n) is 5.15. The minimum atomic E-state index is -3.59. The van der Waals surface area contributed by atoms with Crippen LogP contribution in [0.4, 0.5) is 0 Å². The highest BCUT2D eigenvalue weighted by Crippen LogP contribution is 2.21. The summed E-state index contributed by atoms with van der Waals surface area (Å²) in [5.74, 6) is 0.427. The summed E-state index contributed by atoms with van der Waals surface area (Å²) >= 11 is 1.15. The van der Waals surface area contributed by atoms with Gasteiger partial charge in [-0.3, -0.25) is 9.69 Å². The van der Waals surface area contributed by atoms with Crippen LogP contribution in [0.15, 0.2) is 21.7 Å². The molecule has 152 valence electrons. The average molecular weight is 416 g/mol. The summed E-state index contributed by atoms with van der Waals surface area (Å²) in [5.41, 5.74) is 0. The second-order valence-electron chi connectivity index (χ2n) is 7.56. The lowest BCUT2D eigenvalue weighted by Gasteiger charge is -2.39. The molecule has 2 aliphatic rings. The van der Waals surface area contributed by atoms with Crippen LogP contribution in [0.2, 0.25) is 0 Å². The molecule has 7 nitrogen and oxygen atoms in total. The number of likely N-dealkylation sites (tertiary alicyclic amines) is 1. The molecule has 1 amide bonds. The van der Waals surface area contributed by atoms with Gasteiger partial charge in [0, 0.05) is 32.7 Å². The van der Waals surface area contributed by atoms with Crippen molar-refractivity contribution in [3.8, 4) is 0 Å². The number of hydrogen-bond donors (Lipinski definition) is 1. The van der Waals surface area contributed by atoms with Crippen molar-refractivity contribution in [1.82, 2.24) is 14.5 Å². The van der Waals surface area contributed by atoms with Gasteiger partial charge in [0.25, 0.3) is 10.0 Å². The molecule has 2 saturated heterocycles. The molecule has 0 saturated carbocycles. The fraction of sp³-hybridized carbons (Fsp3) is 0.722. The van der Waals surface area contributed by atoms with E-state index in [1.54, 1.807) is 16.3 Å². The molecule has 2 atom stereocenters. The highest BCUT2D eigenvalue weighted by Gasteiger charge is 2.28. The molecule has 0 radical (unpaired) electrons. The maximum atomic E-state index is 12.4. The molecule has 27 heavy (non-hydrogen) atoms. The summed E-state index contributed by atoms with van der Waals surface area (Å²) in [6.45, 7) is 8.41. The van der Waals surface area contributed by atoms with Gasteiger partial charge in [0.05, 0.1) is 18.8 Å². The summed E-state index contributed by atoms with van der Waals surface area (Å²) in [5, 5.41) is 1.71. The van der Waals surface area contributed by atoms with E-state index in [9.17, 15) is 13.2 Å². The van der Waals surface area contributed by atoms with Crippen LogP contribution >= 0.6 is 11.3 Å². The first-order valence-corrected chi connectivity index (χ1v) is 11.9. The average Bonchev–Trinajstić information content (AvgIpc) is 3.15. The molecule has 3 rings (SSSR count). The van der Waals surface area contributed by atoms with Crippen molar-refractivity contribution in [2.75, 3.05) is 39.3 Å². The van der Waals surface area contributed by atoms with Crippen molar-refractivity contribution in [1.29, 1.82) is 0 Å². The van der Waals surface area contributed by atoms with Crippen LogP contribution in [0.5, 0.6) is 0 Å². The number of carbonyl (C=O) groups excluding carboxylic acids is 1. The monoisotopic (exact) mass is 415 g/mol. The van der Waals surface area contributed by atoms with Gasteiger partial charge in [-0.1, -0.05) is 6.07 Å². The maximum absolute atomic E-state index is 12.4. The Balaban J connectivity index is 1.41. The smallest absolute Gasteiger partial charge is 0.250 e. The molecule has 1 aromatic heterocycles. The fourth-order valence-electron chi connectivity index (χ4n) is 3.92. The Hall–Kier alpha value is -1.00. The van der Waals surface area contributed by atoms with E-state index in [0.29, 0.717) is 19.0 Å². The third-order valence-corrected chi connectivity index (χ3v) is 7.95. The highest BCUT2D eigenvalue weighted by molar-refractivity contribution is 7.91. The van der Waals surface area contributed by atoms with Crippen molar-refractivity contribution < 1.29 is 17.9 Å². The number of nitrogens with one attached hydrogen (secondary N) is 1. The lowest BCUT2D eigenvalue weighted by Crippen LogP contribution is -2.49. The lowest BCUT2D eigenvalue weighted by atomic mass is 9.95. The summed E-state index contributed by atoms with van der Waals surface area (Å²) in [7, 11) is -3.59. The van der Waals surface area contributed by atoms with Crippen LogP contribution in [0.25, 0.3) is 0 Å². The van der Waals surface area contributed by atoms with Crippen LogP contribution in [0.3, 0.4) is 0 Å². The molecule has 3 heterocycles. The molecular weight excluding hydrogens is 386 g/mol. The van der Waals surface area contributed by atoms with E-state index in [4.69, 9.17) is 4.74 Å². The number of piperidine rings is 1. The van der Waals surface area contributed by atoms with Gasteiger partial charge in [0.1, 0.15) is 4.21 Å². The normalized spacial score (nSPS) is 25.6. The third kappa shape index (κ3) is 5.74. The van der Waals surface area contributed by atoms with Gasteiger partial charge < -0.3 is 9.64 Å². The Morgan fingerprint density at radius 1 is 1.26 bits per heavy atom. The highest BCUT2D eigenvalue weighted by atomic mass is 32.2. The Kier molecular flexibility index (Phi) is 6.91. The lowest BCUT2D eigenvalue weighted by molar-refractivity contribution is -0.131. The number of rotatable bonds is 6. The van der Waals surface area contributed by atoms with E-state index in [0.717, 1.165) is 43.8 Å². The second-order valence-corrected chi connectivity index (χ2v) is 10.5. The number of ether oxygens (including phenoxy) is 1. The van der Waals surface area contributed by atoms with Crippen molar-refractivity contribution >= 4 is 27.3 Å². The van der Waals surface area contributed by atoms with Crippen LogP contribution in [-0.2, 0) is 19.6 Å². The molecule has 0 spiro atoms. The molecule has 0 bridgehead atoms. The van der Waals surface area contributed by atoms with Gasteiger partial charge in [-0.05, 0) is 44.1 Å². The minimum Gasteiger partial charge on any atom is -0.373 e. The van der Waals surface area contributed by atoms with E-state index in [2.05, 4.69) is 23.5 Å². The zero-order chi connectivity index (χ0) is 19.4. The van der Waals surface area contributed by atoms with Gasteiger partial charge in [0.15, 0.2) is 0 Å². The summed E-state index contributed by atoms with van der Waals surface area (Å²) in [6.07, 6.45) is 2.46. The van der Waals surface area contributed by atoms with E-state index in [1.807, 2.05) is 0 Å².